The molecule has 0 saturated carbocycles. The van der Waals surface area contributed by atoms with E-state index in [0.29, 0.717) is 39.1 Å². The molecular formula is C12H22B2O5-2. The standard InChI is InChI=1S/C12H22B2O5/c1-3-7-13(15-9-5-10-16-13)19-14(8-4-2)17-11-6-12-18-14/h3-4H,1-2,5-12H2/q-2. The van der Waals surface area contributed by atoms with Crippen molar-refractivity contribution in [3.05, 3.63) is 25.3 Å². The normalized spacial score (nSPS) is 25.7. The van der Waals surface area contributed by atoms with E-state index in [0.717, 1.165) is 12.8 Å². The molecule has 7 heteroatoms. The molecule has 108 valence electrons. The molecule has 0 atom stereocenters. The van der Waals surface area contributed by atoms with Crippen LogP contribution in [0.3, 0.4) is 0 Å². The summed E-state index contributed by atoms with van der Waals surface area (Å²) >= 11 is 0. The van der Waals surface area contributed by atoms with Gasteiger partial charge >= 0.3 is 13.5 Å². The monoisotopic (exact) mass is 268 g/mol. The maximum atomic E-state index is 6.08. The third kappa shape index (κ3) is 3.70. The van der Waals surface area contributed by atoms with Crippen LogP contribution in [0.15, 0.2) is 25.3 Å². The summed E-state index contributed by atoms with van der Waals surface area (Å²) in [5.74, 6) is 0. The molecule has 0 N–H and O–H groups in total. The van der Waals surface area contributed by atoms with Crippen LogP contribution in [0.25, 0.3) is 0 Å². The maximum Gasteiger partial charge on any atom is 0.343 e. The minimum atomic E-state index is -1.87. The van der Waals surface area contributed by atoms with Gasteiger partial charge in [-0.15, -0.1) is 25.3 Å². The molecule has 0 bridgehead atoms. The highest BCUT2D eigenvalue weighted by atomic mass is 16.8. The van der Waals surface area contributed by atoms with Crippen molar-refractivity contribution in [3.8, 4) is 0 Å². The van der Waals surface area contributed by atoms with Gasteiger partial charge in [0.15, 0.2) is 0 Å². The minimum absolute atomic E-state index is 0.493. The van der Waals surface area contributed by atoms with Crippen LogP contribution in [0.2, 0.25) is 12.6 Å². The Balaban J connectivity index is 2.11. The van der Waals surface area contributed by atoms with Crippen LogP contribution in [-0.2, 0) is 23.2 Å². The smallest absolute Gasteiger partial charge is 0.343 e. The fraction of sp³-hybridized carbons (Fsp3) is 0.667. The largest absolute Gasteiger partial charge is 0.727 e. The highest BCUT2D eigenvalue weighted by Gasteiger charge is 2.38. The minimum Gasteiger partial charge on any atom is -0.727 e. The summed E-state index contributed by atoms with van der Waals surface area (Å²) in [6, 6.07) is 0. The zero-order valence-corrected chi connectivity index (χ0v) is 11.4. The van der Waals surface area contributed by atoms with Crippen LogP contribution in [-0.4, -0.2) is 39.9 Å². The first-order chi connectivity index (χ1) is 9.24. The number of hydrogen-bond acceptors (Lipinski definition) is 5. The van der Waals surface area contributed by atoms with Crippen molar-refractivity contribution in [2.45, 2.75) is 25.5 Å². The molecule has 0 amide bonds. The van der Waals surface area contributed by atoms with Gasteiger partial charge in [0.25, 0.3) is 0 Å². The molecule has 5 nitrogen and oxygen atoms in total. The first kappa shape index (κ1) is 14.8. The second-order valence-electron chi connectivity index (χ2n) is 4.95. The van der Waals surface area contributed by atoms with E-state index >= 15 is 0 Å². The van der Waals surface area contributed by atoms with Crippen LogP contribution in [0.4, 0.5) is 0 Å². The third-order valence-electron chi connectivity index (χ3n) is 3.39. The van der Waals surface area contributed by atoms with E-state index in [1.165, 1.54) is 0 Å². The summed E-state index contributed by atoms with van der Waals surface area (Å²) in [6.45, 7) is 6.22. The molecule has 2 aliphatic rings. The number of rotatable bonds is 6. The molecule has 2 saturated heterocycles. The predicted octanol–water partition coefficient (Wildman–Crippen LogP) is 2.13. The second-order valence-corrected chi connectivity index (χ2v) is 4.95. The molecular weight excluding hydrogens is 246 g/mol. The Hall–Kier alpha value is -0.590. The first-order valence-electron chi connectivity index (χ1n) is 7.02. The van der Waals surface area contributed by atoms with Crippen LogP contribution >= 0.6 is 0 Å². The van der Waals surface area contributed by atoms with E-state index in [2.05, 4.69) is 13.2 Å². The molecule has 2 aliphatic heterocycles. The Morgan fingerprint density at radius 2 is 1.16 bits per heavy atom. The Labute approximate surface area is 114 Å². The molecule has 0 aromatic carbocycles. The Morgan fingerprint density at radius 1 is 0.789 bits per heavy atom. The summed E-state index contributed by atoms with van der Waals surface area (Å²) < 4.78 is 29.1. The fourth-order valence-corrected chi connectivity index (χ4v) is 2.53. The SMILES string of the molecule is C=CC[B-]1(O[B-]2(CC=C)OCCCO2)OCCCO1. The van der Waals surface area contributed by atoms with Gasteiger partial charge in [-0.2, -0.15) is 0 Å². The van der Waals surface area contributed by atoms with E-state index < -0.39 is 13.5 Å². The van der Waals surface area contributed by atoms with Crippen molar-refractivity contribution in [2.24, 2.45) is 0 Å². The van der Waals surface area contributed by atoms with Crippen molar-refractivity contribution in [1.29, 1.82) is 0 Å². The molecule has 0 aromatic heterocycles. The summed E-state index contributed by atoms with van der Waals surface area (Å²) in [5, 5.41) is 0. The van der Waals surface area contributed by atoms with Crippen molar-refractivity contribution >= 4 is 13.5 Å². The van der Waals surface area contributed by atoms with Gasteiger partial charge in [-0.3, -0.25) is 0 Å². The first-order valence-corrected chi connectivity index (χ1v) is 7.02. The quantitative estimate of drug-likeness (QED) is 0.545. The summed E-state index contributed by atoms with van der Waals surface area (Å²) in [4.78, 5) is 0. The molecule has 0 radical (unpaired) electrons. The fourth-order valence-electron chi connectivity index (χ4n) is 2.53. The zero-order valence-electron chi connectivity index (χ0n) is 11.4. The lowest BCUT2D eigenvalue weighted by molar-refractivity contribution is 0.00250. The van der Waals surface area contributed by atoms with Gasteiger partial charge in [-0.1, -0.05) is 12.6 Å². The third-order valence-corrected chi connectivity index (χ3v) is 3.39. The lowest BCUT2D eigenvalue weighted by atomic mass is 9.63. The van der Waals surface area contributed by atoms with Gasteiger partial charge in [-0.25, -0.2) is 0 Å². The van der Waals surface area contributed by atoms with Crippen LogP contribution in [0.5, 0.6) is 0 Å². The molecule has 0 unspecified atom stereocenters. The molecule has 2 rings (SSSR count). The molecule has 2 fully saturated rings. The summed E-state index contributed by atoms with van der Waals surface area (Å²) in [5.41, 5.74) is 0. The van der Waals surface area contributed by atoms with Gasteiger partial charge < -0.3 is 23.2 Å². The van der Waals surface area contributed by atoms with E-state index in [1.54, 1.807) is 12.2 Å². The van der Waals surface area contributed by atoms with E-state index in [4.69, 9.17) is 23.2 Å². The highest BCUT2D eigenvalue weighted by molar-refractivity contribution is 6.75. The van der Waals surface area contributed by atoms with Crippen molar-refractivity contribution in [3.63, 3.8) is 0 Å². The zero-order chi connectivity index (χ0) is 13.6. The topological polar surface area (TPSA) is 46.2 Å². The lowest BCUT2D eigenvalue weighted by Crippen LogP contribution is -2.61. The number of hydrogen-bond donors (Lipinski definition) is 0. The average molecular weight is 268 g/mol. The van der Waals surface area contributed by atoms with Gasteiger partial charge in [0.1, 0.15) is 0 Å². The molecule has 0 aliphatic carbocycles. The predicted molar refractivity (Wildman–Crippen MR) is 75.6 cm³/mol. The Bertz CT molecular complexity index is 281. The van der Waals surface area contributed by atoms with Crippen molar-refractivity contribution < 1.29 is 23.2 Å². The molecule has 2 heterocycles. The van der Waals surface area contributed by atoms with E-state index in [9.17, 15) is 0 Å². The summed E-state index contributed by atoms with van der Waals surface area (Å²) in [6.07, 6.45) is 6.21. The maximum absolute atomic E-state index is 6.08. The number of allylic oxidation sites excluding steroid dienone is 2. The second kappa shape index (κ2) is 6.72. The van der Waals surface area contributed by atoms with Crippen LogP contribution in [0, 0.1) is 0 Å². The highest BCUT2D eigenvalue weighted by Crippen LogP contribution is 2.30. The van der Waals surface area contributed by atoms with Gasteiger partial charge in [0, 0.05) is 26.4 Å². The van der Waals surface area contributed by atoms with Gasteiger partial charge in [0.2, 0.25) is 0 Å². The molecule has 19 heavy (non-hydrogen) atoms. The Kier molecular flexibility index (Phi) is 5.24. The van der Waals surface area contributed by atoms with Crippen molar-refractivity contribution in [1.82, 2.24) is 0 Å². The van der Waals surface area contributed by atoms with E-state index in [-0.39, 0.29) is 0 Å². The molecule has 0 aromatic rings. The van der Waals surface area contributed by atoms with Crippen LogP contribution in [0.1, 0.15) is 12.8 Å². The van der Waals surface area contributed by atoms with E-state index in [1.807, 2.05) is 0 Å². The Morgan fingerprint density at radius 3 is 1.47 bits per heavy atom. The van der Waals surface area contributed by atoms with Crippen molar-refractivity contribution in [2.75, 3.05) is 26.4 Å². The summed E-state index contributed by atoms with van der Waals surface area (Å²) in [7, 11) is 0. The van der Waals surface area contributed by atoms with Gasteiger partial charge in [0.05, 0.1) is 0 Å². The lowest BCUT2D eigenvalue weighted by Gasteiger charge is -2.58. The van der Waals surface area contributed by atoms with Crippen LogP contribution < -0.4 is 0 Å². The van der Waals surface area contributed by atoms with Gasteiger partial charge in [-0.05, 0) is 12.8 Å². The molecule has 0 spiro atoms. The average Bonchev–Trinajstić information content (AvgIpc) is 2.41.